The minimum atomic E-state index is 0.0194. The highest BCUT2D eigenvalue weighted by atomic mass is 32.1. The van der Waals surface area contributed by atoms with Gasteiger partial charge >= 0.3 is 0 Å². The van der Waals surface area contributed by atoms with Gasteiger partial charge in [-0.3, -0.25) is 9.36 Å². The fourth-order valence-corrected chi connectivity index (χ4v) is 3.51. The van der Waals surface area contributed by atoms with Crippen LogP contribution in [0.1, 0.15) is 16.3 Å². The van der Waals surface area contributed by atoms with Crippen molar-refractivity contribution < 1.29 is 0 Å². The second kappa shape index (κ2) is 4.29. The van der Waals surface area contributed by atoms with E-state index in [1.54, 1.807) is 22.2 Å². The first-order valence-electron chi connectivity index (χ1n) is 5.49. The molecule has 0 aromatic carbocycles. The summed E-state index contributed by atoms with van der Waals surface area (Å²) in [6.07, 6.45) is 1.61. The van der Waals surface area contributed by atoms with Gasteiger partial charge in [0.2, 0.25) is 0 Å². The Hall–Kier alpha value is -1.53. The molecule has 3 heterocycles. The van der Waals surface area contributed by atoms with Crippen molar-refractivity contribution in [3.63, 3.8) is 0 Å². The molecular weight excluding hydrogens is 266 g/mol. The molecular formula is C12H11N3OS2. The van der Waals surface area contributed by atoms with E-state index >= 15 is 0 Å². The van der Waals surface area contributed by atoms with Crippen LogP contribution in [0.4, 0.5) is 0 Å². The zero-order valence-electron chi connectivity index (χ0n) is 10.0. The lowest BCUT2D eigenvalue weighted by Crippen LogP contribution is -2.20. The maximum absolute atomic E-state index is 12.3. The molecule has 18 heavy (non-hydrogen) atoms. The normalized spacial score (nSPS) is 11.2. The first-order chi connectivity index (χ1) is 8.65. The fraction of sp³-hybridized carbons (Fsp3) is 0.250. The average Bonchev–Trinajstić information content (AvgIpc) is 2.91. The van der Waals surface area contributed by atoms with Gasteiger partial charge in [0, 0.05) is 11.1 Å². The minimum Gasteiger partial charge on any atom is -0.291 e. The molecule has 6 heteroatoms. The maximum atomic E-state index is 12.3. The molecule has 0 saturated heterocycles. The van der Waals surface area contributed by atoms with Gasteiger partial charge in [-0.2, -0.15) is 0 Å². The third-order valence-corrected chi connectivity index (χ3v) is 4.72. The molecule has 0 aliphatic rings. The standard InChI is InChI=1S/C12H11N3OS2/c1-7-4-18-11-10(7)13-6-15(12(11)16)3-9-14-8(2)5-17-9/h4-6H,3H2,1-2H3. The SMILES string of the molecule is Cc1csc(Cn2cnc3c(C)csc3c2=O)n1. The Morgan fingerprint density at radius 2 is 2.11 bits per heavy atom. The summed E-state index contributed by atoms with van der Waals surface area (Å²) in [7, 11) is 0. The van der Waals surface area contributed by atoms with Crippen molar-refractivity contribution in [2.75, 3.05) is 0 Å². The molecule has 3 aromatic rings. The number of rotatable bonds is 2. The zero-order chi connectivity index (χ0) is 12.7. The molecule has 0 bridgehead atoms. The van der Waals surface area contributed by atoms with Crippen molar-refractivity contribution in [2.45, 2.75) is 20.4 Å². The van der Waals surface area contributed by atoms with Crippen molar-refractivity contribution in [2.24, 2.45) is 0 Å². The van der Waals surface area contributed by atoms with Crippen molar-refractivity contribution in [3.05, 3.63) is 43.7 Å². The van der Waals surface area contributed by atoms with Crippen molar-refractivity contribution in [3.8, 4) is 0 Å². The van der Waals surface area contributed by atoms with Crippen LogP contribution in [0.5, 0.6) is 0 Å². The van der Waals surface area contributed by atoms with Crippen LogP contribution in [0, 0.1) is 13.8 Å². The molecule has 4 nitrogen and oxygen atoms in total. The predicted molar refractivity (Wildman–Crippen MR) is 74.6 cm³/mol. The number of thiophene rings is 1. The van der Waals surface area contributed by atoms with E-state index in [9.17, 15) is 4.79 Å². The topological polar surface area (TPSA) is 47.8 Å². The molecule has 0 aliphatic heterocycles. The Morgan fingerprint density at radius 3 is 2.83 bits per heavy atom. The molecule has 0 amide bonds. The molecule has 0 saturated carbocycles. The van der Waals surface area contributed by atoms with Crippen molar-refractivity contribution >= 4 is 32.9 Å². The van der Waals surface area contributed by atoms with Crippen LogP contribution in [0.15, 0.2) is 21.9 Å². The Labute approximate surface area is 112 Å². The number of aromatic nitrogens is 3. The van der Waals surface area contributed by atoms with Gasteiger partial charge in [0.15, 0.2) is 0 Å². The quantitative estimate of drug-likeness (QED) is 0.723. The number of hydrogen-bond acceptors (Lipinski definition) is 5. The van der Waals surface area contributed by atoms with Crippen LogP contribution in [-0.2, 0) is 6.54 Å². The van der Waals surface area contributed by atoms with E-state index in [0.29, 0.717) is 6.54 Å². The summed E-state index contributed by atoms with van der Waals surface area (Å²) in [5.41, 5.74) is 2.89. The predicted octanol–water partition coefficient (Wildman–Crippen LogP) is 2.58. The summed E-state index contributed by atoms with van der Waals surface area (Å²) >= 11 is 3.03. The van der Waals surface area contributed by atoms with Gasteiger partial charge in [-0.25, -0.2) is 9.97 Å². The van der Waals surface area contributed by atoms with Crippen LogP contribution < -0.4 is 5.56 Å². The summed E-state index contributed by atoms with van der Waals surface area (Å²) in [5.74, 6) is 0. The van der Waals surface area contributed by atoms with Gasteiger partial charge in [-0.15, -0.1) is 22.7 Å². The van der Waals surface area contributed by atoms with Gasteiger partial charge in [-0.05, 0) is 24.8 Å². The van der Waals surface area contributed by atoms with E-state index in [2.05, 4.69) is 9.97 Å². The highest BCUT2D eigenvalue weighted by molar-refractivity contribution is 7.17. The van der Waals surface area contributed by atoms with Gasteiger partial charge in [0.05, 0.1) is 18.4 Å². The fourth-order valence-electron chi connectivity index (χ4n) is 1.79. The van der Waals surface area contributed by atoms with Crippen molar-refractivity contribution in [1.82, 2.24) is 14.5 Å². The Bertz CT molecular complexity index is 769. The van der Waals surface area contributed by atoms with Crippen molar-refractivity contribution in [1.29, 1.82) is 0 Å². The number of thiazole rings is 1. The van der Waals surface area contributed by atoms with Gasteiger partial charge < -0.3 is 0 Å². The number of hydrogen-bond donors (Lipinski definition) is 0. The van der Waals surface area contributed by atoms with E-state index in [4.69, 9.17) is 0 Å². The average molecular weight is 277 g/mol. The molecule has 92 valence electrons. The highest BCUT2D eigenvalue weighted by Gasteiger charge is 2.09. The number of fused-ring (bicyclic) bond motifs is 1. The van der Waals surface area contributed by atoms with Crippen LogP contribution >= 0.6 is 22.7 Å². The number of nitrogens with zero attached hydrogens (tertiary/aromatic N) is 3. The summed E-state index contributed by atoms with van der Waals surface area (Å²) < 4.78 is 2.35. The molecule has 0 spiro atoms. The molecule has 3 aromatic heterocycles. The Kier molecular flexibility index (Phi) is 2.76. The largest absolute Gasteiger partial charge is 0.291 e. The van der Waals surface area contributed by atoms with Crippen LogP contribution in [0.3, 0.4) is 0 Å². The second-order valence-corrected chi connectivity index (χ2v) is 5.98. The van der Waals surface area contributed by atoms with E-state index < -0.39 is 0 Å². The molecule has 0 aliphatic carbocycles. The summed E-state index contributed by atoms with van der Waals surface area (Å²) in [4.78, 5) is 21.0. The summed E-state index contributed by atoms with van der Waals surface area (Å²) in [6, 6.07) is 0. The Morgan fingerprint density at radius 1 is 1.28 bits per heavy atom. The maximum Gasteiger partial charge on any atom is 0.271 e. The first-order valence-corrected chi connectivity index (χ1v) is 7.25. The lowest BCUT2D eigenvalue weighted by molar-refractivity contribution is 0.743. The minimum absolute atomic E-state index is 0.0194. The monoisotopic (exact) mass is 277 g/mol. The van der Waals surface area contributed by atoms with Crippen LogP contribution in [-0.4, -0.2) is 14.5 Å². The third kappa shape index (κ3) is 1.87. The van der Waals surface area contributed by atoms with E-state index in [0.717, 1.165) is 26.5 Å². The molecule has 0 fully saturated rings. The molecule has 0 unspecified atom stereocenters. The Balaban J connectivity index is 2.07. The van der Waals surface area contributed by atoms with Crippen LogP contribution in [0.2, 0.25) is 0 Å². The van der Waals surface area contributed by atoms with E-state index in [-0.39, 0.29) is 5.56 Å². The second-order valence-electron chi connectivity index (χ2n) is 4.16. The van der Waals surface area contributed by atoms with Gasteiger partial charge in [-0.1, -0.05) is 0 Å². The molecule has 3 rings (SSSR count). The number of aryl methyl sites for hydroxylation is 2. The molecule has 0 atom stereocenters. The first kappa shape index (κ1) is 11.6. The lowest BCUT2D eigenvalue weighted by atomic mass is 10.3. The van der Waals surface area contributed by atoms with Gasteiger partial charge in [0.1, 0.15) is 9.71 Å². The summed E-state index contributed by atoms with van der Waals surface area (Å²) in [6.45, 7) is 4.42. The molecule has 0 radical (unpaired) electrons. The molecule has 0 N–H and O–H groups in total. The van der Waals surface area contributed by atoms with Crippen LogP contribution in [0.25, 0.3) is 10.2 Å². The highest BCUT2D eigenvalue weighted by Crippen LogP contribution is 2.19. The van der Waals surface area contributed by atoms with E-state index in [1.165, 1.54) is 11.3 Å². The summed E-state index contributed by atoms with van der Waals surface area (Å²) in [5, 5.41) is 4.89. The third-order valence-electron chi connectivity index (χ3n) is 2.70. The lowest BCUT2D eigenvalue weighted by Gasteiger charge is -2.02. The smallest absolute Gasteiger partial charge is 0.271 e. The van der Waals surface area contributed by atoms with E-state index in [1.807, 2.05) is 24.6 Å². The van der Waals surface area contributed by atoms with Gasteiger partial charge in [0.25, 0.3) is 5.56 Å². The zero-order valence-corrected chi connectivity index (χ0v) is 11.6.